The van der Waals surface area contributed by atoms with Crippen molar-refractivity contribution >= 4 is 44.5 Å². The minimum Gasteiger partial charge on any atom is -0.349 e. The second-order valence-electron chi connectivity index (χ2n) is 8.19. The fraction of sp³-hybridized carbons (Fsp3) is 0.409. The molecule has 0 bridgehead atoms. The summed E-state index contributed by atoms with van der Waals surface area (Å²) in [5.41, 5.74) is 2.69. The number of fused-ring (bicyclic) bond motifs is 2. The number of carbonyl (C=O) groups is 1. The van der Waals surface area contributed by atoms with Gasteiger partial charge < -0.3 is 5.32 Å². The minimum absolute atomic E-state index is 0.0119. The molecule has 2 saturated carbocycles. The number of benzene rings is 2. The quantitative estimate of drug-likeness (QED) is 0.550. The van der Waals surface area contributed by atoms with Crippen LogP contribution in [-0.2, 0) is 0 Å². The number of hydrogen-bond acceptors (Lipinski definition) is 3. The van der Waals surface area contributed by atoms with Gasteiger partial charge in [0.05, 0.1) is 11.6 Å². The van der Waals surface area contributed by atoms with Crippen molar-refractivity contribution in [1.29, 1.82) is 0 Å². The first kappa shape index (κ1) is 19.1. The van der Waals surface area contributed by atoms with Crippen LogP contribution in [0.3, 0.4) is 0 Å². The molecule has 2 aliphatic rings. The number of nitrogens with zero attached hydrogens (tertiary/aromatic N) is 3. The monoisotopic (exact) mass is 472 g/mol. The van der Waals surface area contributed by atoms with E-state index in [1.54, 1.807) is 24.3 Å². The van der Waals surface area contributed by atoms with Crippen LogP contribution >= 0.6 is 27.5 Å². The average molecular weight is 474 g/mol. The maximum atomic E-state index is 12.6. The number of nitrogens with one attached hydrogen (secondary N) is 1. The topological polar surface area (TPSA) is 59.8 Å². The Morgan fingerprint density at radius 2 is 1.97 bits per heavy atom. The molecule has 1 heterocycles. The van der Waals surface area contributed by atoms with Gasteiger partial charge in [0.1, 0.15) is 5.52 Å². The zero-order chi connectivity index (χ0) is 20.1. The van der Waals surface area contributed by atoms with Gasteiger partial charge in [0.15, 0.2) is 0 Å². The van der Waals surface area contributed by atoms with Gasteiger partial charge in [-0.3, -0.25) is 4.79 Å². The molecule has 150 valence electrons. The third-order valence-corrected chi connectivity index (χ3v) is 7.34. The lowest BCUT2D eigenvalue weighted by Crippen LogP contribution is -2.37. The number of hydrogen-bond donors (Lipinski definition) is 1. The summed E-state index contributed by atoms with van der Waals surface area (Å²) in [4.78, 5) is 12.6. The number of aromatic nitrogens is 3. The SMILES string of the molecule is CCC(NC(=O)c1ccc(Cl)cc1)[C@H]1[C@@H]2C[C@@H](n3nnc4ccc(Br)cc43)C[C@@H]21. The van der Waals surface area contributed by atoms with Crippen LogP contribution in [0.2, 0.25) is 5.02 Å². The first-order valence-electron chi connectivity index (χ1n) is 10.1. The molecule has 2 aromatic carbocycles. The summed E-state index contributed by atoms with van der Waals surface area (Å²) in [6, 6.07) is 13.8. The molecule has 2 aliphatic carbocycles. The molecule has 1 unspecified atom stereocenters. The van der Waals surface area contributed by atoms with Crippen molar-refractivity contribution in [2.45, 2.75) is 38.3 Å². The maximum absolute atomic E-state index is 12.6. The summed E-state index contributed by atoms with van der Waals surface area (Å²) in [7, 11) is 0. The average Bonchev–Trinajstić information content (AvgIpc) is 3.06. The van der Waals surface area contributed by atoms with Crippen molar-refractivity contribution in [2.24, 2.45) is 17.8 Å². The van der Waals surface area contributed by atoms with Crippen LogP contribution in [0.25, 0.3) is 11.0 Å². The van der Waals surface area contributed by atoms with Crippen molar-refractivity contribution in [3.63, 3.8) is 0 Å². The van der Waals surface area contributed by atoms with Crippen molar-refractivity contribution < 1.29 is 4.79 Å². The van der Waals surface area contributed by atoms with Crippen molar-refractivity contribution in [2.75, 3.05) is 0 Å². The van der Waals surface area contributed by atoms with Gasteiger partial charge in [0.25, 0.3) is 5.91 Å². The van der Waals surface area contributed by atoms with E-state index < -0.39 is 0 Å². The molecule has 1 amide bonds. The Hall–Kier alpha value is -1.92. The lowest BCUT2D eigenvalue weighted by molar-refractivity contribution is 0.0926. The summed E-state index contributed by atoms with van der Waals surface area (Å²) in [6.07, 6.45) is 3.15. The van der Waals surface area contributed by atoms with Crippen LogP contribution in [0.15, 0.2) is 46.9 Å². The number of carbonyl (C=O) groups excluding carboxylic acids is 1. The van der Waals surface area contributed by atoms with Gasteiger partial charge in [-0.15, -0.1) is 5.10 Å². The molecule has 7 heteroatoms. The molecule has 0 radical (unpaired) electrons. The highest BCUT2D eigenvalue weighted by atomic mass is 79.9. The van der Waals surface area contributed by atoms with Crippen molar-refractivity contribution in [3.05, 3.63) is 57.5 Å². The molecule has 0 aliphatic heterocycles. The molecule has 1 N–H and O–H groups in total. The van der Waals surface area contributed by atoms with Gasteiger partial charge in [-0.25, -0.2) is 4.68 Å². The van der Waals surface area contributed by atoms with E-state index >= 15 is 0 Å². The molecule has 0 saturated heterocycles. The van der Waals surface area contributed by atoms with Crippen molar-refractivity contribution in [3.8, 4) is 0 Å². The zero-order valence-electron chi connectivity index (χ0n) is 16.1. The summed E-state index contributed by atoms with van der Waals surface area (Å²) in [5.74, 6) is 1.86. The van der Waals surface area contributed by atoms with Gasteiger partial charge in [-0.1, -0.05) is 39.7 Å². The number of amides is 1. The maximum Gasteiger partial charge on any atom is 0.251 e. The number of halogens is 2. The van der Waals surface area contributed by atoms with Gasteiger partial charge in [-0.2, -0.15) is 0 Å². The summed E-state index contributed by atoms with van der Waals surface area (Å²) in [5, 5.41) is 12.6. The van der Waals surface area contributed by atoms with Gasteiger partial charge >= 0.3 is 0 Å². The molecule has 3 aromatic rings. The second kappa shape index (κ2) is 7.40. The van der Waals surface area contributed by atoms with Gasteiger partial charge in [0, 0.05) is 21.1 Å². The van der Waals surface area contributed by atoms with Crippen molar-refractivity contribution in [1.82, 2.24) is 20.3 Å². The van der Waals surface area contributed by atoms with E-state index in [2.05, 4.69) is 49.2 Å². The van der Waals surface area contributed by atoms with Crippen LogP contribution in [0.1, 0.15) is 42.6 Å². The van der Waals surface area contributed by atoms with Crippen LogP contribution < -0.4 is 5.32 Å². The predicted molar refractivity (Wildman–Crippen MR) is 117 cm³/mol. The first-order chi connectivity index (χ1) is 14.0. The molecule has 5 atom stereocenters. The van der Waals surface area contributed by atoms with E-state index in [0.29, 0.717) is 34.4 Å². The normalized spacial score (nSPS) is 26.3. The highest BCUT2D eigenvalue weighted by Crippen LogP contribution is 2.62. The minimum atomic E-state index is -0.0119. The fourth-order valence-corrected chi connectivity index (χ4v) is 5.64. The Morgan fingerprint density at radius 3 is 2.66 bits per heavy atom. The molecular formula is C22H22BrClN4O. The summed E-state index contributed by atoms with van der Waals surface area (Å²) < 4.78 is 3.14. The largest absolute Gasteiger partial charge is 0.349 e. The smallest absolute Gasteiger partial charge is 0.251 e. The molecule has 1 aromatic heterocycles. The van der Waals surface area contributed by atoms with Gasteiger partial charge in [0.2, 0.25) is 0 Å². The van der Waals surface area contributed by atoms with E-state index in [-0.39, 0.29) is 11.9 Å². The molecule has 5 nitrogen and oxygen atoms in total. The third-order valence-electron chi connectivity index (χ3n) is 6.59. The fourth-order valence-electron chi connectivity index (χ4n) is 5.16. The zero-order valence-corrected chi connectivity index (χ0v) is 18.4. The molecule has 2 fully saturated rings. The van der Waals surface area contributed by atoms with Crippen LogP contribution in [0, 0.1) is 17.8 Å². The Kier molecular flexibility index (Phi) is 4.87. The van der Waals surface area contributed by atoms with Crippen LogP contribution in [-0.4, -0.2) is 26.9 Å². The van der Waals surface area contributed by atoms with Crippen LogP contribution in [0.5, 0.6) is 0 Å². The summed E-state index contributed by atoms with van der Waals surface area (Å²) in [6.45, 7) is 2.15. The Morgan fingerprint density at radius 1 is 1.24 bits per heavy atom. The third kappa shape index (κ3) is 3.46. The number of rotatable bonds is 5. The Bertz CT molecular complexity index is 1050. The second-order valence-corrected chi connectivity index (χ2v) is 9.54. The van der Waals surface area contributed by atoms with E-state index in [1.807, 2.05) is 12.1 Å². The van der Waals surface area contributed by atoms with Gasteiger partial charge in [-0.05, 0) is 79.5 Å². The van der Waals surface area contributed by atoms with E-state index in [1.165, 1.54) is 0 Å². The molecule has 0 spiro atoms. The highest BCUT2D eigenvalue weighted by Gasteiger charge is 2.59. The van der Waals surface area contributed by atoms with E-state index in [9.17, 15) is 4.79 Å². The lowest BCUT2D eigenvalue weighted by atomic mass is 9.99. The van der Waals surface area contributed by atoms with Crippen LogP contribution in [0.4, 0.5) is 0 Å². The first-order valence-corrected chi connectivity index (χ1v) is 11.3. The van der Waals surface area contributed by atoms with E-state index in [0.717, 1.165) is 34.8 Å². The molecular weight excluding hydrogens is 452 g/mol. The summed E-state index contributed by atoms with van der Waals surface area (Å²) >= 11 is 9.48. The standard InChI is InChI=1S/C22H22BrClN4O/c1-2-18(25-22(29)12-3-6-14(24)7-4-12)21-16-10-15(11-17(16)21)28-20-9-13(23)5-8-19(20)26-27-28/h3-9,15-18,21H,2,10-11H2,1H3,(H,25,29)/t15-,16-,17+,18?,21+. The predicted octanol–water partition coefficient (Wildman–Crippen LogP) is 5.25. The highest BCUT2D eigenvalue weighted by molar-refractivity contribution is 9.10. The Balaban J connectivity index is 1.25. The van der Waals surface area contributed by atoms with E-state index in [4.69, 9.17) is 11.6 Å². The lowest BCUT2D eigenvalue weighted by Gasteiger charge is -2.22. The Labute approximate surface area is 182 Å². The molecule has 5 rings (SSSR count). The molecule has 29 heavy (non-hydrogen) atoms.